The summed E-state index contributed by atoms with van der Waals surface area (Å²) >= 11 is 0. The molecule has 3 heteroatoms. The summed E-state index contributed by atoms with van der Waals surface area (Å²) in [7, 11) is 0. The number of alkyl halides is 1. The minimum atomic E-state index is -0.483. The van der Waals surface area contributed by atoms with Gasteiger partial charge in [-0.1, -0.05) is 0 Å². The first kappa shape index (κ1) is 6.85. The zero-order chi connectivity index (χ0) is 5.70. The highest BCUT2D eigenvalue weighted by Crippen LogP contribution is 1.85. The maximum Gasteiger partial charge on any atom is 0.0974 e. The second kappa shape index (κ2) is 4.02. The summed E-state index contributed by atoms with van der Waals surface area (Å²) in [6.07, 6.45) is 0.198. The molecule has 0 aromatic carbocycles. The third-order valence-corrected chi connectivity index (χ3v) is 0.694. The first-order chi connectivity index (χ1) is 3.31. The maximum absolute atomic E-state index is 11.2. The van der Waals surface area contributed by atoms with Crippen molar-refractivity contribution in [3.8, 4) is 0 Å². The molecule has 0 aromatic rings. The van der Waals surface area contributed by atoms with E-state index in [4.69, 9.17) is 5.73 Å². The van der Waals surface area contributed by atoms with Crippen molar-refractivity contribution in [1.82, 2.24) is 0 Å². The monoisotopic (exact) mass is 106 g/mol. The Morgan fingerprint density at radius 3 is 2.43 bits per heavy atom. The van der Waals surface area contributed by atoms with Crippen molar-refractivity contribution in [2.75, 3.05) is 13.3 Å². The van der Waals surface area contributed by atoms with Crippen LogP contribution in [0.3, 0.4) is 0 Å². The molecule has 7 heavy (non-hydrogen) atoms. The van der Waals surface area contributed by atoms with Crippen LogP contribution in [0.25, 0.3) is 0 Å². The van der Waals surface area contributed by atoms with Gasteiger partial charge in [0.05, 0.1) is 13.3 Å². The van der Waals surface area contributed by atoms with Crippen molar-refractivity contribution in [2.45, 2.75) is 12.5 Å². The predicted molar refractivity (Wildman–Crippen MR) is 24.1 cm³/mol. The van der Waals surface area contributed by atoms with Crippen LogP contribution < -0.4 is 5.73 Å². The van der Waals surface area contributed by atoms with Gasteiger partial charge in [-0.15, -0.1) is 0 Å². The fourth-order valence-electron chi connectivity index (χ4n) is 0.223. The summed E-state index contributed by atoms with van der Waals surface area (Å²) in [4.78, 5) is 0. The van der Waals surface area contributed by atoms with Gasteiger partial charge in [0, 0.05) is 6.04 Å². The molecule has 2 N–H and O–H groups in total. The van der Waals surface area contributed by atoms with Gasteiger partial charge >= 0.3 is 0 Å². The number of hydrogen-bond donors (Lipinski definition) is 1. The molecule has 0 aromatic heterocycles. The van der Waals surface area contributed by atoms with E-state index < -0.39 is 12.7 Å². The zero-order valence-corrected chi connectivity index (χ0v) is 4.06. The second-order valence-electron chi connectivity index (χ2n) is 1.40. The molecule has 0 rings (SSSR count). The zero-order valence-electron chi connectivity index (χ0n) is 4.06. The number of nitrogens with two attached hydrogens (primary N) is 1. The highest BCUT2D eigenvalue weighted by molar-refractivity contribution is 4.55. The normalized spacial score (nSPS) is 14.1. The molecule has 1 atom stereocenters. The Bertz CT molecular complexity index is 42.7. The fraction of sp³-hybridized carbons (Fsp3) is 1.00. The molecular weight excluding hydrogens is 97.0 g/mol. The van der Waals surface area contributed by atoms with Gasteiger partial charge in [0.2, 0.25) is 0 Å². The van der Waals surface area contributed by atoms with E-state index in [-0.39, 0.29) is 13.0 Å². The second-order valence-corrected chi connectivity index (χ2v) is 1.40. The van der Waals surface area contributed by atoms with Gasteiger partial charge in [0.25, 0.3) is 0 Å². The van der Waals surface area contributed by atoms with Gasteiger partial charge in [-0.2, -0.15) is 0 Å². The molecule has 1 radical (unpaired) electrons. The van der Waals surface area contributed by atoms with Crippen molar-refractivity contribution in [3.05, 3.63) is 0 Å². The first-order valence-electron chi connectivity index (χ1n) is 2.21. The van der Waals surface area contributed by atoms with Gasteiger partial charge in [-0.3, -0.25) is 4.39 Å². The lowest BCUT2D eigenvalue weighted by atomic mass is 10.3. The maximum atomic E-state index is 11.2. The highest BCUT2D eigenvalue weighted by atomic mass is 19.1. The van der Waals surface area contributed by atoms with Gasteiger partial charge in [-0.05, 0) is 6.42 Å². The smallest absolute Gasteiger partial charge is 0.0974 e. The van der Waals surface area contributed by atoms with Crippen LogP contribution in [-0.2, 0) is 5.11 Å². The van der Waals surface area contributed by atoms with Crippen molar-refractivity contribution < 1.29 is 9.50 Å². The molecule has 0 amide bonds. The average molecular weight is 106 g/mol. The van der Waals surface area contributed by atoms with E-state index in [0.29, 0.717) is 0 Å². The van der Waals surface area contributed by atoms with E-state index in [9.17, 15) is 9.50 Å². The summed E-state index contributed by atoms with van der Waals surface area (Å²) in [6.45, 7) is -0.854. The standard InChI is InChI=1S/C4H9FNO/c5-2-1-4(6)3-7/h4H,1-3,6H2. The van der Waals surface area contributed by atoms with Crippen LogP contribution in [-0.4, -0.2) is 19.3 Å². The lowest BCUT2D eigenvalue weighted by Gasteiger charge is -1.99. The van der Waals surface area contributed by atoms with Gasteiger partial charge in [-0.25, -0.2) is 5.11 Å². The lowest BCUT2D eigenvalue weighted by molar-refractivity contribution is 0.166. The van der Waals surface area contributed by atoms with Crippen LogP contribution in [0.5, 0.6) is 0 Å². The van der Waals surface area contributed by atoms with Crippen molar-refractivity contribution >= 4 is 0 Å². The average Bonchev–Trinajstić information content (AvgIpc) is 1.68. The third kappa shape index (κ3) is 3.69. The Hall–Kier alpha value is -0.150. The lowest BCUT2D eigenvalue weighted by Crippen LogP contribution is -2.23. The Labute approximate surface area is 42.1 Å². The Morgan fingerprint density at radius 2 is 2.29 bits per heavy atom. The molecule has 0 saturated heterocycles. The van der Waals surface area contributed by atoms with Crippen molar-refractivity contribution in [3.63, 3.8) is 0 Å². The van der Waals surface area contributed by atoms with E-state index in [2.05, 4.69) is 0 Å². The summed E-state index contributed by atoms with van der Waals surface area (Å²) < 4.78 is 11.2. The molecule has 0 bridgehead atoms. The molecule has 0 saturated carbocycles. The van der Waals surface area contributed by atoms with Crippen LogP contribution in [0.2, 0.25) is 0 Å². The van der Waals surface area contributed by atoms with Gasteiger partial charge in [0.15, 0.2) is 0 Å². The molecule has 0 heterocycles. The quantitative estimate of drug-likeness (QED) is 0.545. The Morgan fingerprint density at radius 1 is 1.71 bits per heavy atom. The van der Waals surface area contributed by atoms with E-state index in [1.807, 2.05) is 0 Å². The summed E-state index contributed by atoms with van der Waals surface area (Å²) in [5.74, 6) is 0. The Balaban J connectivity index is 2.83. The SMILES string of the molecule is NC(C[O])CCF. The van der Waals surface area contributed by atoms with Crippen molar-refractivity contribution in [1.29, 1.82) is 0 Å². The van der Waals surface area contributed by atoms with Gasteiger partial charge in [0.1, 0.15) is 0 Å². The van der Waals surface area contributed by atoms with E-state index >= 15 is 0 Å². The molecule has 43 valence electrons. The Kier molecular flexibility index (Phi) is 3.93. The number of rotatable bonds is 3. The first-order valence-corrected chi connectivity index (χ1v) is 2.21. The molecule has 0 aliphatic carbocycles. The highest BCUT2D eigenvalue weighted by Gasteiger charge is 1.97. The number of halogens is 1. The summed E-state index contributed by atoms with van der Waals surface area (Å²) in [5, 5.41) is 9.73. The van der Waals surface area contributed by atoms with E-state index in [1.54, 1.807) is 0 Å². The minimum absolute atomic E-state index is 0.198. The molecule has 0 fully saturated rings. The van der Waals surface area contributed by atoms with E-state index in [0.717, 1.165) is 0 Å². The van der Waals surface area contributed by atoms with E-state index in [1.165, 1.54) is 0 Å². The predicted octanol–water partition coefficient (Wildman–Crippen LogP) is 0.104. The third-order valence-electron chi connectivity index (χ3n) is 0.694. The van der Waals surface area contributed by atoms with Crippen molar-refractivity contribution in [2.24, 2.45) is 5.73 Å². The van der Waals surface area contributed by atoms with Crippen LogP contribution in [0.4, 0.5) is 4.39 Å². The fourth-order valence-corrected chi connectivity index (χ4v) is 0.223. The number of hydrogen-bond acceptors (Lipinski definition) is 1. The molecule has 0 aliphatic rings. The van der Waals surface area contributed by atoms with Crippen LogP contribution >= 0.6 is 0 Å². The summed E-state index contributed by atoms with van der Waals surface area (Å²) in [5.41, 5.74) is 5.03. The minimum Gasteiger partial charge on any atom is -0.326 e. The van der Waals surface area contributed by atoms with Gasteiger partial charge < -0.3 is 5.73 Å². The van der Waals surface area contributed by atoms with Crippen LogP contribution in [0.1, 0.15) is 6.42 Å². The van der Waals surface area contributed by atoms with Crippen LogP contribution in [0, 0.1) is 0 Å². The molecule has 0 aliphatic heterocycles. The summed E-state index contributed by atoms with van der Waals surface area (Å²) in [6, 6.07) is -0.481. The largest absolute Gasteiger partial charge is 0.326 e. The topological polar surface area (TPSA) is 45.9 Å². The van der Waals surface area contributed by atoms with Crippen LogP contribution in [0.15, 0.2) is 0 Å². The molecule has 1 unspecified atom stereocenters. The molecule has 2 nitrogen and oxygen atoms in total. The molecule has 0 spiro atoms. The molecular formula is C4H9FNO.